The van der Waals surface area contributed by atoms with Gasteiger partial charge < -0.3 is 9.80 Å². The molecule has 0 radical (unpaired) electrons. The third-order valence-corrected chi connectivity index (χ3v) is 8.52. The molecule has 2 aromatic carbocycles. The Hall–Kier alpha value is -4.41. The van der Waals surface area contributed by atoms with E-state index in [0.717, 1.165) is 39.0 Å². The summed E-state index contributed by atoms with van der Waals surface area (Å²) in [4.78, 5) is 44.0. The minimum absolute atomic E-state index is 0.0207. The maximum atomic E-state index is 13.5. The summed E-state index contributed by atoms with van der Waals surface area (Å²) < 4.78 is 6.61. The van der Waals surface area contributed by atoms with Crippen LogP contribution in [0.5, 0.6) is 0 Å². The molecule has 5 aromatic rings. The van der Waals surface area contributed by atoms with Crippen LogP contribution < -0.4 is 26.7 Å². The van der Waals surface area contributed by atoms with Gasteiger partial charge in [0.2, 0.25) is 0 Å². The Morgan fingerprint density at radius 3 is 2.07 bits per heavy atom. The fraction of sp³-hybridized carbons (Fsp3) is 0.433. The van der Waals surface area contributed by atoms with Gasteiger partial charge in [-0.2, -0.15) is 0 Å². The number of nitrogens with zero attached hydrogens (tertiary/aromatic N) is 8. The zero-order chi connectivity index (χ0) is 29.2. The molecule has 1 aliphatic rings. The summed E-state index contributed by atoms with van der Waals surface area (Å²) in [6, 6.07) is 9.53. The van der Waals surface area contributed by atoms with Crippen LogP contribution in [0.15, 0.2) is 44.7 Å². The summed E-state index contributed by atoms with van der Waals surface area (Å²) in [5.41, 5.74) is 2.86. The lowest BCUT2D eigenvalue weighted by atomic mass is 10.0. The Morgan fingerprint density at radius 1 is 0.829 bits per heavy atom. The molecule has 4 heterocycles. The Morgan fingerprint density at radius 2 is 1.46 bits per heavy atom. The molecular weight excluding hydrogens is 520 g/mol. The van der Waals surface area contributed by atoms with Crippen molar-refractivity contribution in [2.24, 2.45) is 7.05 Å². The molecule has 0 N–H and O–H groups in total. The van der Waals surface area contributed by atoms with Crippen LogP contribution in [0, 0.1) is 6.92 Å². The van der Waals surface area contributed by atoms with Crippen molar-refractivity contribution in [1.29, 1.82) is 0 Å². The molecule has 3 aromatic heterocycles. The van der Waals surface area contributed by atoms with Crippen LogP contribution in [0.2, 0.25) is 0 Å². The summed E-state index contributed by atoms with van der Waals surface area (Å²) in [5, 5.41) is 11.7. The Bertz CT molecular complexity index is 2010. The molecule has 11 nitrogen and oxygen atoms in total. The second kappa shape index (κ2) is 9.90. The van der Waals surface area contributed by atoms with Crippen molar-refractivity contribution in [3.63, 3.8) is 0 Å². The van der Waals surface area contributed by atoms with Crippen LogP contribution >= 0.6 is 0 Å². The predicted octanol–water partition coefficient (Wildman–Crippen LogP) is 3.02. The van der Waals surface area contributed by atoms with Gasteiger partial charge in [0.25, 0.3) is 5.56 Å². The minimum atomic E-state index is -0.286. The quantitative estimate of drug-likeness (QED) is 0.328. The molecule has 6 rings (SSSR count). The first-order chi connectivity index (χ1) is 19.7. The van der Waals surface area contributed by atoms with Crippen LogP contribution in [0.25, 0.3) is 32.7 Å². The molecule has 0 bridgehead atoms. The van der Waals surface area contributed by atoms with E-state index in [0.29, 0.717) is 49.9 Å². The van der Waals surface area contributed by atoms with E-state index in [1.54, 1.807) is 20.7 Å². The van der Waals surface area contributed by atoms with E-state index in [2.05, 4.69) is 27.2 Å². The van der Waals surface area contributed by atoms with E-state index in [4.69, 9.17) is 0 Å². The molecule has 0 spiro atoms. The number of hydrogen-bond acceptors (Lipinski definition) is 7. The molecule has 0 aliphatic carbocycles. The minimum Gasteiger partial charge on any atom is -0.361 e. The lowest BCUT2D eigenvalue weighted by molar-refractivity contribution is 0.370. The normalized spacial score (nSPS) is 14.5. The van der Waals surface area contributed by atoms with E-state index in [9.17, 15) is 14.4 Å². The average Bonchev–Trinajstić information content (AvgIpc) is 3.23. The van der Waals surface area contributed by atoms with Gasteiger partial charge in [0.05, 0.1) is 21.9 Å². The molecule has 41 heavy (non-hydrogen) atoms. The molecular formula is C30H36N8O3. The lowest BCUT2D eigenvalue weighted by Gasteiger charge is -2.34. The maximum absolute atomic E-state index is 13.5. The van der Waals surface area contributed by atoms with Crippen molar-refractivity contribution >= 4 is 44.3 Å². The van der Waals surface area contributed by atoms with Gasteiger partial charge in [-0.15, -0.1) is 10.2 Å². The van der Waals surface area contributed by atoms with E-state index in [-0.39, 0.29) is 23.0 Å². The van der Waals surface area contributed by atoms with Gasteiger partial charge >= 0.3 is 11.4 Å². The van der Waals surface area contributed by atoms with E-state index in [1.807, 2.05) is 58.0 Å². The van der Waals surface area contributed by atoms with Gasteiger partial charge in [-0.25, -0.2) is 9.59 Å². The second-order valence-corrected chi connectivity index (χ2v) is 11.2. The highest BCUT2D eigenvalue weighted by Gasteiger charge is 2.28. The van der Waals surface area contributed by atoms with Crippen LogP contribution in [0.3, 0.4) is 0 Å². The zero-order valence-corrected chi connectivity index (χ0v) is 24.5. The van der Waals surface area contributed by atoms with Crippen molar-refractivity contribution in [2.45, 2.75) is 52.7 Å². The van der Waals surface area contributed by atoms with Crippen LogP contribution in [-0.2, 0) is 20.1 Å². The third-order valence-electron chi connectivity index (χ3n) is 8.52. The van der Waals surface area contributed by atoms with Crippen molar-refractivity contribution in [3.8, 4) is 0 Å². The summed E-state index contributed by atoms with van der Waals surface area (Å²) in [7, 11) is 5.60. The fourth-order valence-electron chi connectivity index (χ4n) is 6.36. The molecule has 0 atom stereocenters. The maximum Gasteiger partial charge on any atom is 0.331 e. The summed E-state index contributed by atoms with van der Waals surface area (Å²) in [5.74, 6) is 1.49. The van der Waals surface area contributed by atoms with Gasteiger partial charge in [0.1, 0.15) is 0 Å². The van der Waals surface area contributed by atoms with Gasteiger partial charge in [-0.05, 0) is 57.9 Å². The molecule has 0 unspecified atom stereocenters. The number of anilines is 2. The number of fused-ring (bicyclic) bond motifs is 3. The van der Waals surface area contributed by atoms with Gasteiger partial charge in [0, 0.05) is 64.1 Å². The lowest BCUT2D eigenvalue weighted by Crippen LogP contribution is -2.45. The summed E-state index contributed by atoms with van der Waals surface area (Å²) >= 11 is 0. The van der Waals surface area contributed by atoms with Crippen LogP contribution in [0.4, 0.5) is 11.6 Å². The van der Waals surface area contributed by atoms with Crippen molar-refractivity contribution < 1.29 is 0 Å². The van der Waals surface area contributed by atoms with Gasteiger partial charge in [-0.3, -0.25) is 23.1 Å². The number of rotatable bonds is 5. The Labute approximate surface area is 236 Å². The van der Waals surface area contributed by atoms with E-state index in [1.165, 1.54) is 4.57 Å². The molecule has 0 amide bonds. The highest BCUT2D eigenvalue weighted by atomic mass is 16.2. The average molecular weight is 557 g/mol. The van der Waals surface area contributed by atoms with Crippen molar-refractivity contribution in [3.05, 3.63) is 67.2 Å². The van der Waals surface area contributed by atoms with E-state index < -0.39 is 0 Å². The van der Waals surface area contributed by atoms with E-state index >= 15 is 0 Å². The van der Waals surface area contributed by atoms with Gasteiger partial charge in [-0.1, -0.05) is 11.6 Å². The molecule has 0 saturated carbocycles. The Balaban J connectivity index is 1.42. The summed E-state index contributed by atoms with van der Waals surface area (Å²) in [6.45, 7) is 8.29. The largest absolute Gasteiger partial charge is 0.361 e. The highest BCUT2D eigenvalue weighted by Crippen LogP contribution is 2.35. The second-order valence-electron chi connectivity index (χ2n) is 11.2. The van der Waals surface area contributed by atoms with Crippen LogP contribution in [0.1, 0.15) is 38.3 Å². The standard InChI is InChI=1S/C30H36N8O3/c1-7-36-24-16-20-21(17-25(24)37(8-2)30(36)41)27(32-31-26(20)33(4)5)35-13-11-19(12-14-35)38-28(39)22-15-18(3)9-10-23(22)34(6)29(38)40/h9-10,15-17,19H,7-8,11-14H2,1-6H3. The SMILES string of the molecule is CCn1c(=O)n(CC)c2cc3c(N4CCC(n5c(=O)c6cc(C)ccc6n(C)c5=O)CC4)nnc(N(C)C)c3cc21. The number of imidazole rings is 1. The molecule has 1 saturated heterocycles. The number of aromatic nitrogens is 6. The number of benzene rings is 2. The van der Waals surface area contributed by atoms with Crippen LogP contribution in [-0.4, -0.2) is 55.7 Å². The number of hydrogen-bond donors (Lipinski definition) is 0. The topological polar surface area (TPSA) is 103 Å². The van der Waals surface area contributed by atoms with Crippen molar-refractivity contribution in [2.75, 3.05) is 37.0 Å². The smallest absolute Gasteiger partial charge is 0.331 e. The monoisotopic (exact) mass is 556 g/mol. The molecule has 1 fully saturated rings. The zero-order valence-electron chi connectivity index (χ0n) is 24.5. The molecule has 214 valence electrons. The third kappa shape index (κ3) is 4.05. The number of aryl methyl sites for hydroxylation is 4. The Kier molecular flexibility index (Phi) is 6.47. The summed E-state index contributed by atoms with van der Waals surface area (Å²) in [6.07, 6.45) is 1.25. The predicted molar refractivity (Wildman–Crippen MR) is 164 cm³/mol. The first-order valence-electron chi connectivity index (χ1n) is 14.2. The highest BCUT2D eigenvalue weighted by molar-refractivity contribution is 6.05. The number of piperidine rings is 1. The first-order valence-corrected chi connectivity index (χ1v) is 14.2. The molecule has 11 heteroatoms. The van der Waals surface area contributed by atoms with Gasteiger partial charge in [0.15, 0.2) is 11.6 Å². The molecule has 1 aliphatic heterocycles. The first kappa shape index (κ1) is 26.8. The fourth-order valence-corrected chi connectivity index (χ4v) is 6.36. The van der Waals surface area contributed by atoms with Crippen molar-refractivity contribution in [1.82, 2.24) is 28.5 Å².